The number of nitrogens with zero attached hydrogens (tertiary/aromatic N) is 3. The first-order chi connectivity index (χ1) is 14.8. The maximum atomic E-state index is 13.1. The fraction of sp³-hybridized carbons (Fsp3) is 0.571. The van der Waals surface area contributed by atoms with E-state index >= 15 is 0 Å². The zero-order chi connectivity index (χ0) is 22.0. The fourth-order valence-corrected chi connectivity index (χ4v) is 7.75. The maximum absolute atomic E-state index is 13.1. The van der Waals surface area contributed by atoms with Crippen molar-refractivity contribution in [1.82, 2.24) is 15.1 Å². The second kappa shape index (κ2) is 9.46. The Bertz CT molecular complexity index is 1050. The molecule has 10 heteroatoms. The average Bonchev–Trinajstić information content (AvgIpc) is 3.46. The molecule has 1 saturated heterocycles. The molecule has 0 bridgehead atoms. The van der Waals surface area contributed by atoms with E-state index in [0.29, 0.717) is 11.6 Å². The summed E-state index contributed by atoms with van der Waals surface area (Å²) in [6.45, 7) is 4.13. The highest BCUT2D eigenvalue weighted by Gasteiger charge is 2.38. The number of amides is 1. The number of sulfone groups is 1. The van der Waals surface area contributed by atoms with Crippen LogP contribution in [0.2, 0.25) is 0 Å². The van der Waals surface area contributed by atoms with E-state index in [9.17, 15) is 13.2 Å². The largest absolute Gasteiger partial charge is 0.335 e. The average molecular weight is 481 g/mol. The minimum absolute atomic E-state index is 0.0123. The minimum Gasteiger partial charge on any atom is -0.335 e. The van der Waals surface area contributed by atoms with Crippen molar-refractivity contribution >= 4 is 49.7 Å². The molecule has 7 nitrogen and oxygen atoms in total. The van der Waals surface area contributed by atoms with Gasteiger partial charge in [-0.25, -0.2) is 8.42 Å². The SMILES string of the molecule is Cc1cccc(Nc2nnc(SCC(=O)N(C3CCCC3)C3CCS(=O)(=O)C3)s2)c1C. The highest BCUT2D eigenvalue weighted by molar-refractivity contribution is 8.01. The van der Waals surface area contributed by atoms with E-state index in [-0.39, 0.29) is 35.2 Å². The fourth-order valence-electron chi connectivity index (χ4n) is 4.40. The van der Waals surface area contributed by atoms with Gasteiger partial charge in [-0.05, 0) is 50.3 Å². The Morgan fingerprint density at radius 2 is 1.97 bits per heavy atom. The summed E-state index contributed by atoms with van der Waals surface area (Å²) in [6.07, 6.45) is 4.69. The number of hydrogen-bond acceptors (Lipinski definition) is 8. The number of nitrogens with one attached hydrogen (secondary N) is 1. The quantitative estimate of drug-likeness (QED) is 0.600. The van der Waals surface area contributed by atoms with Gasteiger partial charge in [0.15, 0.2) is 14.2 Å². The van der Waals surface area contributed by atoms with E-state index in [1.165, 1.54) is 34.2 Å². The smallest absolute Gasteiger partial charge is 0.233 e. The number of carbonyl (C=O) groups is 1. The van der Waals surface area contributed by atoms with Gasteiger partial charge in [0.05, 0.1) is 17.3 Å². The number of hydrogen-bond donors (Lipinski definition) is 1. The van der Waals surface area contributed by atoms with Gasteiger partial charge in [-0.1, -0.05) is 48.1 Å². The van der Waals surface area contributed by atoms with Crippen LogP contribution in [-0.4, -0.2) is 58.8 Å². The molecule has 4 rings (SSSR count). The van der Waals surface area contributed by atoms with E-state index < -0.39 is 9.84 Å². The lowest BCUT2D eigenvalue weighted by Crippen LogP contribution is -2.47. The number of rotatable bonds is 7. The Morgan fingerprint density at radius 3 is 2.68 bits per heavy atom. The summed E-state index contributed by atoms with van der Waals surface area (Å²) in [6, 6.07) is 6.06. The highest BCUT2D eigenvalue weighted by atomic mass is 32.2. The van der Waals surface area contributed by atoms with Crippen LogP contribution >= 0.6 is 23.1 Å². The van der Waals surface area contributed by atoms with Crippen LogP contribution in [0.3, 0.4) is 0 Å². The zero-order valence-corrected chi connectivity index (χ0v) is 20.3. The third-order valence-corrected chi connectivity index (χ3v) is 9.89. The Labute approximate surface area is 191 Å². The summed E-state index contributed by atoms with van der Waals surface area (Å²) in [4.78, 5) is 15.0. The molecule has 2 fully saturated rings. The topological polar surface area (TPSA) is 92.3 Å². The number of thioether (sulfide) groups is 1. The van der Waals surface area contributed by atoms with Crippen LogP contribution in [0.25, 0.3) is 0 Å². The Morgan fingerprint density at radius 1 is 1.19 bits per heavy atom. The molecular weight excluding hydrogens is 452 g/mol. The first-order valence-corrected chi connectivity index (χ1v) is 14.3. The lowest BCUT2D eigenvalue weighted by Gasteiger charge is -2.34. The predicted molar refractivity (Wildman–Crippen MR) is 126 cm³/mol. The van der Waals surface area contributed by atoms with Gasteiger partial charge in [-0.15, -0.1) is 10.2 Å². The molecular formula is C21H28N4O3S3. The molecule has 2 aliphatic rings. The molecule has 1 aromatic carbocycles. The molecule has 1 atom stereocenters. The summed E-state index contributed by atoms with van der Waals surface area (Å²) < 4.78 is 24.7. The molecule has 1 saturated carbocycles. The Kier molecular flexibility index (Phi) is 6.88. The van der Waals surface area contributed by atoms with Gasteiger partial charge in [-0.3, -0.25) is 4.79 Å². The third-order valence-electron chi connectivity index (χ3n) is 6.18. The van der Waals surface area contributed by atoms with Gasteiger partial charge < -0.3 is 10.2 Å². The van der Waals surface area contributed by atoms with E-state index in [2.05, 4.69) is 35.4 Å². The Hall–Kier alpha value is -1.65. The van der Waals surface area contributed by atoms with Gasteiger partial charge in [0, 0.05) is 17.8 Å². The van der Waals surface area contributed by atoms with E-state index in [4.69, 9.17) is 0 Å². The molecule has 1 amide bonds. The summed E-state index contributed by atoms with van der Waals surface area (Å²) in [5, 5.41) is 12.4. The molecule has 0 spiro atoms. The van der Waals surface area contributed by atoms with Crippen molar-refractivity contribution < 1.29 is 13.2 Å². The molecule has 1 aromatic heterocycles. The van der Waals surface area contributed by atoms with Crippen LogP contribution in [-0.2, 0) is 14.6 Å². The number of aromatic nitrogens is 2. The second-order valence-corrected chi connectivity index (χ2v) is 12.8. The van der Waals surface area contributed by atoms with Gasteiger partial charge in [0.2, 0.25) is 11.0 Å². The number of aryl methyl sites for hydroxylation is 1. The van der Waals surface area contributed by atoms with Gasteiger partial charge in [-0.2, -0.15) is 0 Å². The van der Waals surface area contributed by atoms with Gasteiger partial charge >= 0.3 is 0 Å². The van der Waals surface area contributed by atoms with Gasteiger partial charge in [0.25, 0.3) is 0 Å². The number of benzene rings is 1. The monoisotopic (exact) mass is 480 g/mol. The molecule has 168 valence electrons. The van der Waals surface area contributed by atoms with Gasteiger partial charge in [0.1, 0.15) is 0 Å². The number of anilines is 2. The normalized spacial score (nSPS) is 20.8. The summed E-state index contributed by atoms with van der Waals surface area (Å²) in [7, 11) is -3.03. The predicted octanol–water partition coefficient (Wildman–Crippen LogP) is 3.95. The van der Waals surface area contributed by atoms with Crippen molar-refractivity contribution in [3.63, 3.8) is 0 Å². The molecule has 1 aliphatic carbocycles. The first-order valence-electron chi connectivity index (χ1n) is 10.6. The maximum Gasteiger partial charge on any atom is 0.233 e. The standard InChI is InChI=1S/C21H28N4O3S3/c1-14-6-5-9-18(15(14)2)22-20-23-24-21(30-20)29-12-19(26)25(16-7-3-4-8-16)17-10-11-31(27,28)13-17/h5-6,9,16-17H,3-4,7-8,10-13H2,1-2H3,(H,22,23). The van der Waals surface area contributed by atoms with Crippen molar-refractivity contribution in [1.29, 1.82) is 0 Å². The van der Waals surface area contributed by atoms with Crippen molar-refractivity contribution in [2.45, 2.75) is 62.4 Å². The molecule has 1 N–H and O–H groups in total. The second-order valence-electron chi connectivity index (χ2n) is 8.33. The Balaban J connectivity index is 1.39. The van der Waals surface area contributed by atoms with Crippen LogP contribution in [0.15, 0.2) is 22.5 Å². The van der Waals surface area contributed by atoms with Crippen molar-refractivity contribution in [3.8, 4) is 0 Å². The summed E-state index contributed by atoms with van der Waals surface area (Å²) in [5.41, 5.74) is 3.37. The summed E-state index contributed by atoms with van der Waals surface area (Å²) >= 11 is 2.80. The third kappa shape index (κ3) is 5.40. The van der Waals surface area contributed by atoms with Crippen molar-refractivity contribution in [2.24, 2.45) is 0 Å². The van der Waals surface area contributed by atoms with Crippen LogP contribution in [0.4, 0.5) is 10.8 Å². The van der Waals surface area contributed by atoms with E-state index in [1.54, 1.807) is 0 Å². The molecule has 1 aliphatic heterocycles. The van der Waals surface area contributed by atoms with Crippen LogP contribution < -0.4 is 5.32 Å². The minimum atomic E-state index is -3.03. The van der Waals surface area contributed by atoms with Crippen molar-refractivity contribution in [2.75, 3.05) is 22.6 Å². The van der Waals surface area contributed by atoms with Crippen molar-refractivity contribution in [3.05, 3.63) is 29.3 Å². The van der Waals surface area contributed by atoms with Crippen LogP contribution in [0.1, 0.15) is 43.2 Å². The summed E-state index contributed by atoms with van der Waals surface area (Å²) in [5.74, 6) is 0.553. The van der Waals surface area contributed by atoms with E-state index in [0.717, 1.165) is 35.7 Å². The molecule has 2 aromatic rings. The van der Waals surface area contributed by atoms with E-state index in [1.807, 2.05) is 17.0 Å². The highest BCUT2D eigenvalue weighted by Crippen LogP contribution is 2.32. The molecule has 31 heavy (non-hydrogen) atoms. The van der Waals surface area contributed by atoms with Crippen LogP contribution in [0, 0.1) is 13.8 Å². The molecule has 2 heterocycles. The lowest BCUT2D eigenvalue weighted by molar-refractivity contribution is -0.132. The zero-order valence-electron chi connectivity index (χ0n) is 17.8. The lowest BCUT2D eigenvalue weighted by atomic mass is 10.1. The van der Waals surface area contributed by atoms with Crippen LogP contribution in [0.5, 0.6) is 0 Å². The number of carbonyl (C=O) groups excluding carboxylic acids is 1. The first kappa shape index (κ1) is 22.5. The molecule has 1 unspecified atom stereocenters. The molecule has 0 radical (unpaired) electrons.